The van der Waals surface area contributed by atoms with Crippen molar-refractivity contribution in [1.82, 2.24) is 9.88 Å². The second kappa shape index (κ2) is 5.14. The number of aromatic nitrogens is 1. The van der Waals surface area contributed by atoms with Gasteiger partial charge in [-0.3, -0.25) is 4.31 Å². The predicted molar refractivity (Wildman–Crippen MR) is 75.2 cm³/mol. The molecule has 1 saturated heterocycles. The molecule has 0 saturated carbocycles. The highest BCUT2D eigenvalue weighted by atomic mass is 79.9. The summed E-state index contributed by atoms with van der Waals surface area (Å²) in [6.07, 6.45) is 2.27. The number of rotatable bonds is 3. The Labute approximate surface area is 116 Å². The molecule has 2 heterocycles. The van der Waals surface area contributed by atoms with Crippen molar-refractivity contribution in [2.24, 2.45) is 0 Å². The number of likely N-dealkylation sites (tertiary alicyclic amines) is 1. The second-order valence-electron chi connectivity index (χ2n) is 4.52. The lowest BCUT2D eigenvalue weighted by Crippen LogP contribution is -2.37. The number of pyridine rings is 1. The van der Waals surface area contributed by atoms with Gasteiger partial charge in [0.15, 0.2) is 0 Å². The molecule has 0 aliphatic carbocycles. The molecule has 18 heavy (non-hydrogen) atoms. The van der Waals surface area contributed by atoms with Gasteiger partial charge in [-0.05, 0) is 32.1 Å². The van der Waals surface area contributed by atoms with Gasteiger partial charge >= 0.3 is 0 Å². The van der Waals surface area contributed by atoms with Gasteiger partial charge in [0.2, 0.25) is 10.0 Å². The first-order valence-electron chi connectivity index (χ1n) is 5.69. The number of halogens is 1. The molecule has 0 bridgehead atoms. The Hall–Kier alpha value is -0.660. The van der Waals surface area contributed by atoms with Crippen LogP contribution in [0.15, 0.2) is 22.8 Å². The SMILES string of the molecule is CN1CCC(S(=O)(=O)N(C)c2cc(Br)ccn2)C1. The zero-order valence-electron chi connectivity index (χ0n) is 10.4. The summed E-state index contributed by atoms with van der Waals surface area (Å²) in [5.74, 6) is 0.443. The molecule has 1 aliphatic rings. The molecule has 0 N–H and O–H groups in total. The maximum atomic E-state index is 12.4. The van der Waals surface area contributed by atoms with Gasteiger partial charge in [0.05, 0.1) is 5.25 Å². The van der Waals surface area contributed by atoms with Gasteiger partial charge in [0.25, 0.3) is 0 Å². The molecule has 0 spiro atoms. The maximum absolute atomic E-state index is 12.4. The van der Waals surface area contributed by atoms with Crippen LogP contribution in [0.5, 0.6) is 0 Å². The van der Waals surface area contributed by atoms with E-state index >= 15 is 0 Å². The summed E-state index contributed by atoms with van der Waals surface area (Å²) in [7, 11) is 0.162. The number of anilines is 1. The maximum Gasteiger partial charge on any atom is 0.240 e. The fourth-order valence-corrected chi connectivity index (χ4v) is 4.03. The van der Waals surface area contributed by atoms with Crippen LogP contribution >= 0.6 is 15.9 Å². The predicted octanol–water partition coefficient (Wildman–Crippen LogP) is 1.31. The average molecular weight is 334 g/mol. The molecule has 1 fully saturated rings. The van der Waals surface area contributed by atoms with E-state index in [1.807, 2.05) is 11.9 Å². The second-order valence-corrected chi connectivity index (χ2v) is 7.68. The molecular formula is C11H16BrN3O2S. The summed E-state index contributed by atoms with van der Waals surface area (Å²) >= 11 is 3.32. The third-order valence-corrected chi connectivity index (χ3v) is 5.85. The topological polar surface area (TPSA) is 53.5 Å². The average Bonchev–Trinajstić information content (AvgIpc) is 2.75. The van der Waals surface area contributed by atoms with Gasteiger partial charge in [-0.25, -0.2) is 13.4 Å². The van der Waals surface area contributed by atoms with Crippen LogP contribution in [0.1, 0.15) is 6.42 Å². The standard InChI is InChI=1S/C11H16BrN3O2S/c1-14-6-4-10(8-14)18(16,17)15(2)11-7-9(12)3-5-13-11/h3,5,7,10H,4,6,8H2,1-2H3. The van der Waals surface area contributed by atoms with Crippen LogP contribution in [0.3, 0.4) is 0 Å². The fraction of sp³-hybridized carbons (Fsp3) is 0.545. The highest BCUT2D eigenvalue weighted by molar-refractivity contribution is 9.10. The molecule has 100 valence electrons. The molecule has 1 aromatic heterocycles. The van der Waals surface area contributed by atoms with Gasteiger partial charge in [0.1, 0.15) is 5.82 Å². The lowest BCUT2D eigenvalue weighted by molar-refractivity contribution is 0.417. The lowest BCUT2D eigenvalue weighted by atomic mass is 10.4. The van der Waals surface area contributed by atoms with Crippen molar-refractivity contribution >= 4 is 31.8 Å². The monoisotopic (exact) mass is 333 g/mol. The molecule has 5 nitrogen and oxygen atoms in total. The Kier molecular flexibility index (Phi) is 3.93. The van der Waals surface area contributed by atoms with Crippen molar-refractivity contribution < 1.29 is 8.42 Å². The largest absolute Gasteiger partial charge is 0.305 e. The van der Waals surface area contributed by atoms with Gasteiger partial charge in [-0.1, -0.05) is 15.9 Å². The summed E-state index contributed by atoms with van der Waals surface area (Å²) in [6.45, 7) is 1.41. The lowest BCUT2D eigenvalue weighted by Gasteiger charge is -2.22. The van der Waals surface area contributed by atoms with E-state index in [1.165, 1.54) is 4.31 Å². The zero-order valence-corrected chi connectivity index (χ0v) is 12.8. The van der Waals surface area contributed by atoms with Crippen LogP contribution in [-0.2, 0) is 10.0 Å². The van der Waals surface area contributed by atoms with Gasteiger partial charge in [-0.15, -0.1) is 0 Å². The van der Waals surface area contributed by atoms with Crippen LogP contribution in [-0.4, -0.2) is 50.7 Å². The van der Waals surface area contributed by atoms with Crippen molar-refractivity contribution in [3.8, 4) is 0 Å². The van der Waals surface area contributed by atoms with E-state index in [0.717, 1.165) is 11.0 Å². The minimum atomic E-state index is -3.33. The van der Waals surface area contributed by atoms with Gasteiger partial charge < -0.3 is 4.90 Å². The van der Waals surface area contributed by atoms with E-state index in [1.54, 1.807) is 25.4 Å². The fourth-order valence-electron chi connectivity index (χ4n) is 2.06. The van der Waals surface area contributed by atoms with E-state index in [2.05, 4.69) is 20.9 Å². The normalized spacial score (nSPS) is 21.2. The van der Waals surface area contributed by atoms with Gasteiger partial charge in [0, 0.05) is 24.3 Å². The highest BCUT2D eigenvalue weighted by Gasteiger charge is 2.35. The van der Waals surface area contributed by atoms with Crippen LogP contribution in [0.25, 0.3) is 0 Å². The van der Waals surface area contributed by atoms with Gasteiger partial charge in [-0.2, -0.15) is 0 Å². The highest BCUT2D eigenvalue weighted by Crippen LogP contribution is 2.24. The smallest absolute Gasteiger partial charge is 0.240 e. The Balaban J connectivity index is 2.25. The van der Waals surface area contributed by atoms with E-state index in [4.69, 9.17) is 0 Å². The van der Waals surface area contributed by atoms with E-state index < -0.39 is 10.0 Å². The van der Waals surface area contributed by atoms with E-state index in [-0.39, 0.29) is 5.25 Å². The van der Waals surface area contributed by atoms with E-state index in [9.17, 15) is 8.42 Å². The minimum absolute atomic E-state index is 0.340. The first-order valence-corrected chi connectivity index (χ1v) is 7.98. The summed E-state index contributed by atoms with van der Waals surface area (Å²) < 4.78 is 27.0. The molecule has 1 aromatic rings. The molecule has 7 heteroatoms. The summed E-state index contributed by atoms with van der Waals surface area (Å²) in [4.78, 5) is 6.13. The van der Waals surface area contributed by atoms with Crippen LogP contribution < -0.4 is 4.31 Å². The molecule has 2 rings (SSSR count). The molecule has 0 aromatic carbocycles. The summed E-state index contributed by atoms with van der Waals surface area (Å²) in [6, 6.07) is 3.48. The number of hydrogen-bond donors (Lipinski definition) is 0. The zero-order chi connectivity index (χ0) is 13.3. The number of sulfonamides is 1. The van der Waals surface area contributed by atoms with Crippen molar-refractivity contribution in [3.63, 3.8) is 0 Å². The third-order valence-electron chi connectivity index (χ3n) is 3.18. The quantitative estimate of drug-likeness (QED) is 0.837. The Morgan fingerprint density at radius 3 is 2.83 bits per heavy atom. The number of hydrogen-bond acceptors (Lipinski definition) is 4. The first kappa shape index (κ1) is 13.8. The minimum Gasteiger partial charge on any atom is -0.305 e. The molecule has 0 amide bonds. The molecule has 1 unspecified atom stereocenters. The molecule has 1 atom stereocenters. The van der Waals surface area contributed by atoms with Crippen LogP contribution in [0.4, 0.5) is 5.82 Å². The van der Waals surface area contributed by atoms with Crippen molar-refractivity contribution in [1.29, 1.82) is 0 Å². The number of nitrogens with zero attached hydrogens (tertiary/aromatic N) is 3. The van der Waals surface area contributed by atoms with Crippen LogP contribution in [0, 0.1) is 0 Å². The van der Waals surface area contributed by atoms with Crippen LogP contribution in [0.2, 0.25) is 0 Å². The van der Waals surface area contributed by atoms with Crippen molar-refractivity contribution in [3.05, 3.63) is 22.8 Å². The first-order chi connectivity index (χ1) is 8.41. The Morgan fingerprint density at radius 1 is 1.56 bits per heavy atom. The molecular weight excluding hydrogens is 318 g/mol. The summed E-state index contributed by atoms with van der Waals surface area (Å²) in [5, 5.41) is -0.340. The molecule has 0 radical (unpaired) electrons. The molecule has 1 aliphatic heterocycles. The Bertz CT molecular complexity index is 535. The van der Waals surface area contributed by atoms with Crippen molar-refractivity contribution in [2.45, 2.75) is 11.7 Å². The van der Waals surface area contributed by atoms with Crippen molar-refractivity contribution in [2.75, 3.05) is 31.5 Å². The third kappa shape index (κ3) is 2.67. The van der Waals surface area contributed by atoms with E-state index in [0.29, 0.717) is 18.8 Å². The Morgan fingerprint density at radius 2 is 2.28 bits per heavy atom. The summed E-state index contributed by atoms with van der Waals surface area (Å²) in [5.41, 5.74) is 0.